The van der Waals surface area contributed by atoms with Crippen LogP contribution in [0, 0.1) is 13.8 Å². The summed E-state index contributed by atoms with van der Waals surface area (Å²) in [5.41, 5.74) is 4.30. The molecule has 2 heterocycles. The summed E-state index contributed by atoms with van der Waals surface area (Å²) in [6, 6.07) is 12.0. The lowest BCUT2D eigenvalue weighted by Crippen LogP contribution is -2.19. The van der Waals surface area contributed by atoms with Crippen molar-refractivity contribution in [3.05, 3.63) is 57.3 Å². The zero-order valence-corrected chi connectivity index (χ0v) is 17.0. The fraction of sp³-hybridized carbons (Fsp3) is 0.250. The Kier molecular flexibility index (Phi) is 4.90. The van der Waals surface area contributed by atoms with Crippen molar-refractivity contribution in [3.8, 4) is 0 Å². The summed E-state index contributed by atoms with van der Waals surface area (Å²) < 4.78 is 9.46. The summed E-state index contributed by atoms with van der Waals surface area (Å²) in [6.45, 7) is 5.37. The van der Waals surface area contributed by atoms with Gasteiger partial charge in [-0.1, -0.05) is 29.5 Å². The lowest BCUT2D eigenvalue weighted by atomic mass is 10.1. The molecule has 0 bridgehead atoms. The third kappa shape index (κ3) is 3.45. The molecule has 0 aliphatic rings. The van der Waals surface area contributed by atoms with Gasteiger partial charge in [-0.15, -0.1) is 11.3 Å². The fourth-order valence-corrected chi connectivity index (χ4v) is 5.05. The molecule has 0 unspecified atom stereocenters. The molecule has 7 heteroatoms. The molecule has 4 aromatic rings. The van der Waals surface area contributed by atoms with Crippen molar-refractivity contribution < 1.29 is 9.53 Å². The van der Waals surface area contributed by atoms with Crippen LogP contribution < -0.4 is 4.80 Å². The van der Waals surface area contributed by atoms with Crippen LogP contribution in [0.1, 0.15) is 20.9 Å². The molecule has 2 aromatic heterocycles. The van der Waals surface area contributed by atoms with Crippen molar-refractivity contribution in [2.45, 2.75) is 20.4 Å². The van der Waals surface area contributed by atoms with E-state index in [0.29, 0.717) is 23.0 Å². The Morgan fingerprint density at radius 2 is 2.04 bits per heavy atom. The van der Waals surface area contributed by atoms with Gasteiger partial charge in [-0.05, 0) is 43.2 Å². The van der Waals surface area contributed by atoms with Gasteiger partial charge in [-0.2, -0.15) is 4.99 Å². The van der Waals surface area contributed by atoms with Gasteiger partial charge in [-0.25, -0.2) is 4.98 Å². The zero-order valence-electron chi connectivity index (χ0n) is 15.4. The average Bonchev–Trinajstić information content (AvgIpc) is 3.22. The van der Waals surface area contributed by atoms with Gasteiger partial charge in [0, 0.05) is 13.7 Å². The number of carbonyl (C=O) groups excluding carboxylic acids is 1. The van der Waals surface area contributed by atoms with Crippen LogP contribution >= 0.6 is 22.7 Å². The number of methoxy groups -OCH3 is 1. The lowest BCUT2D eigenvalue weighted by Gasteiger charge is -2.05. The second kappa shape index (κ2) is 7.34. The highest BCUT2D eigenvalue weighted by molar-refractivity contribution is 7.20. The van der Waals surface area contributed by atoms with E-state index >= 15 is 0 Å². The number of benzene rings is 2. The van der Waals surface area contributed by atoms with Crippen LogP contribution in [-0.2, 0) is 11.3 Å². The summed E-state index contributed by atoms with van der Waals surface area (Å²) in [6.07, 6.45) is 0. The van der Waals surface area contributed by atoms with Crippen molar-refractivity contribution in [2.24, 2.45) is 4.99 Å². The van der Waals surface area contributed by atoms with E-state index in [2.05, 4.69) is 40.5 Å². The summed E-state index contributed by atoms with van der Waals surface area (Å²) in [5, 5.41) is 0.417. The van der Waals surface area contributed by atoms with Crippen LogP contribution in [0.4, 0.5) is 0 Å². The quantitative estimate of drug-likeness (QED) is 0.515. The van der Waals surface area contributed by atoms with Gasteiger partial charge in [-0.3, -0.25) is 4.79 Å². The SMILES string of the molecule is COCCn1c(=NC(=O)c2nc3ccccc3s2)sc2c(C)cc(C)cc21. The van der Waals surface area contributed by atoms with E-state index in [9.17, 15) is 4.79 Å². The van der Waals surface area contributed by atoms with Crippen molar-refractivity contribution in [2.75, 3.05) is 13.7 Å². The second-order valence-corrected chi connectivity index (χ2v) is 8.37. The Hall–Kier alpha value is -2.35. The summed E-state index contributed by atoms with van der Waals surface area (Å²) in [7, 11) is 1.68. The molecule has 0 aliphatic carbocycles. The number of aromatic nitrogens is 2. The van der Waals surface area contributed by atoms with Gasteiger partial charge in [0.1, 0.15) is 0 Å². The van der Waals surface area contributed by atoms with Gasteiger partial charge in [0.25, 0.3) is 0 Å². The first kappa shape index (κ1) is 18.0. The normalized spacial score (nSPS) is 12.3. The van der Waals surface area contributed by atoms with Crippen LogP contribution in [0.5, 0.6) is 0 Å². The number of hydrogen-bond donors (Lipinski definition) is 0. The minimum Gasteiger partial charge on any atom is -0.383 e. The highest BCUT2D eigenvalue weighted by atomic mass is 32.1. The van der Waals surface area contributed by atoms with Crippen LogP contribution in [0.3, 0.4) is 0 Å². The molecule has 0 atom stereocenters. The number of rotatable bonds is 4. The van der Waals surface area contributed by atoms with E-state index in [1.807, 2.05) is 24.3 Å². The van der Waals surface area contributed by atoms with E-state index in [1.165, 1.54) is 33.8 Å². The molecule has 0 fully saturated rings. The monoisotopic (exact) mass is 397 g/mol. The number of fused-ring (bicyclic) bond motifs is 2. The first-order valence-electron chi connectivity index (χ1n) is 8.61. The third-order valence-corrected chi connectivity index (χ3v) is 6.56. The van der Waals surface area contributed by atoms with Gasteiger partial charge in [0.15, 0.2) is 9.81 Å². The molecule has 1 amide bonds. The molecule has 4 rings (SSSR count). The minimum atomic E-state index is -0.303. The van der Waals surface area contributed by atoms with E-state index < -0.39 is 0 Å². The topological polar surface area (TPSA) is 56.5 Å². The van der Waals surface area contributed by atoms with Crippen molar-refractivity contribution >= 4 is 49.0 Å². The molecule has 138 valence electrons. The number of hydrogen-bond acceptors (Lipinski definition) is 5. The number of para-hydroxylation sites is 1. The summed E-state index contributed by atoms with van der Waals surface area (Å²) in [4.78, 5) is 22.3. The van der Waals surface area contributed by atoms with E-state index in [4.69, 9.17) is 4.74 Å². The molecular weight excluding hydrogens is 378 g/mol. The standard InChI is InChI=1S/C20H19N3O2S2/c1-12-10-13(2)17-15(11-12)23(8-9-25-3)20(27-17)22-18(24)19-21-14-6-4-5-7-16(14)26-19/h4-7,10-11H,8-9H2,1-3H3. The smallest absolute Gasteiger partial charge is 0.308 e. The van der Waals surface area contributed by atoms with E-state index in [0.717, 1.165) is 20.4 Å². The third-order valence-electron chi connectivity index (χ3n) is 4.31. The molecule has 0 aliphatic heterocycles. The van der Waals surface area contributed by atoms with Crippen LogP contribution in [-0.4, -0.2) is 29.2 Å². The average molecular weight is 398 g/mol. The number of carbonyl (C=O) groups is 1. The van der Waals surface area contributed by atoms with Crippen LogP contribution in [0.25, 0.3) is 20.4 Å². The first-order chi connectivity index (χ1) is 13.1. The summed E-state index contributed by atoms with van der Waals surface area (Å²) >= 11 is 2.91. The molecule has 0 spiro atoms. The maximum atomic E-state index is 12.8. The van der Waals surface area contributed by atoms with E-state index in [-0.39, 0.29) is 5.91 Å². The van der Waals surface area contributed by atoms with Gasteiger partial charge in [0.05, 0.1) is 27.0 Å². The van der Waals surface area contributed by atoms with Crippen molar-refractivity contribution in [1.29, 1.82) is 0 Å². The fourth-order valence-electron chi connectivity index (χ4n) is 3.09. The number of nitrogens with zero attached hydrogens (tertiary/aromatic N) is 3. The maximum Gasteiger partial charge on any atom is 0.308 e. The Bertz CT molecular complexity index is 1180. The Morgan fingerprint density at radius 1 is 1.22 bits per heavy atom. The highest BCUT2D eigenvalue weighted by Gasteiger charge is 2.14. The second-order valence-electron chi connectivity index (χ2n) is 6.36. The molecular formula is C20H19N3O2S2. The number of aryl methyl sites for hydroxylation is 2. The Labute approximate surface area is 164 Å². The molecule has 0 N–H and O–H groups in total. The van der Waals surface area contributed by atoms with Gasteiger partial charge < -0.3 is 9.30 Å². The largest absolute Gasteiger partial charge is 0.383 e. The minimum absolute atomic E-state index is 0.303. The molecule has 27 heavy (non-hydrogen) atoms. The van der Waals surface area contributed by atoms with Crippen molar-refractivity contribution in [1.82, 2.24) is 9.55 Å². The Balaban J connectivity index is 1.85. The summed E-state index contributed by atoms with van der Waals surface area (Å²) in [5.74, 6) is -0.303. The Morgan fingerprint density at radius 3 is 2.81 bits per heavy atom. The maximum absolute atomic E-state index is 12.8. The molecule has 2 aromatic carbocycles. The predicted molar refractivity (Wildman–Crippen MR) is 111 cm³/mol. The van der Waals surface area contributed by atoms with Gasteiger partial charge >= 0.3 is 5.91 Å². The first-order valence-corrected chi connectivity index (χ1v) is 10.2. The molecule has 0 radical (unpaired) electrons. The van der Waals surface area contributed by atoms with Crippen LogP contribution in [0.15, 0.2) is 41.4 Å². The molecule has 5 nitrogen and oxygen atoms in total. The predicted octanol–water partition coefficient (Wildman–Crippen LogP) is 4.32. The highest BCUT2D eigenvalue weighted by Crippen LogP contribution is 2.24. The number of amides is 1. The van der Waals surface area contributed by atoms with E-state index in [1.54, 1.807) is 7.11 Å². The number of thiazole rings is 2. The van der Waals surface area contributed by atoms with Gasteiger partial charge in [0.2, 0.25) is 0 Å². The molecule has 0 saturated heterocycles. The number of ether oxygens (including phenoxy) is 1. The lowest BCUT2D eigenvalue weighted by molar-refractivity contribution is 0.0997. The molecule has 0 saturated carbocycles. The van der Waals surface area contributed by atoms with Crippen molar-refractivity contribution in [3.63, 3.8) is 0 Å². The van der Waals surface area contributed by atoms with Crippen LogP contribution in [0.2, 0.25) is 0 Å². The zero-order chi connectivity index (χ0) is 19.0.